The second-order valence-corrected chi connectivity index (χ2v) is 18.2. The Morgan fingerprint density at radius 3 is 2.05 bits per heavy atom. The maximum absolute atomic E-state index is 14.0. The van der Waals surface area contributed by atoms with Crippen molar-refractivity contribution in [2.24, 2.45) is 47.3 Å². The number of Topliss-reactive ketones (excluding diaryl/α,β-unsaturated/α-hetero) is 3. The van der Waals surface area contributed by atoms with Crippen LogP contribution >= 0.6 is 0 Å². The molecule has 13 nitrogen and oxygen atoms in total. The van der Waals surface area contributed by atoms with Gasteiger partial charge in [-0.1, -0.05) is 85.8 Å². The lowest BCUT2D eigenvalue weighted by atomic mass is 9.71. The molecule has 3 heterocycles. The molecule has 58 heavy (non-hydrogen) atoms. The Kier molecular flexibility index (Phi) is 17.4. The molecule has 0 saturated carbocycles. The average Bonchev–Trinajstić information content (AvgIpc) is 3.16. The van der Waals surface area contributed by atoms with Gasteiger partial charge < -0.3 is 44.8 Å². The van der Waals surface area contributed by atoms with E-state index in [-0.39, 0.29) is 24.7 Å². The molecule has 13 heteroatoms. The fourth-order valence-corrected chi connectivity index (χ4v) is 8.94. The maximum atomic E-state index is 14.0. The predicted octanol–water partition coefficient (Wildman–Crippen LogP) is 4.18. The minimum absolute atomic E-state index is 0.00618. The zero-order valence-electron chi connectivity index (χ0n) is 36.4. The molecule has 0 aromatic heterocycles. The summed E-state index contributed by atoms with van der Waals surface area (Å²) in [4.78, 5) is 54.6. The first-order valence-electron chi connectivity index (χ1n) is 21.2. The van der Waals surface area contributed by atoms with E-state index in [4.69, 9.17) is 14.2 Å². The molecule has 0 amide bonds. The number of ketones is 3. The number of fused-ring (bicyclic) bond motifs is 2. The number of aliphatic hydroxyl groups is 6. The molecule has 2 fully saturated rings. The van der Waals surface area contributed by atoms with Gasteiger partial charge in [-0.05, 0) is 70.6 Å². The standard InChI is InChI=1S/C45H72O13/c1-12-32-17-15-13-14-16-25(3)40(52)43(10,54)41(53)31(9)39(51)30(8)38(50)29(7)37(49)24(2)18-21-36(48)56-42-28(6)33(20-19-32)57-45(44(42,11)55)35(47)22-26(4)34(58-45)23-27(5)46/h13-15,17-18,21,24-34,37,39-40,42,46,49,51-52,54-55H,12,16,19-20,22-23H2,1-11H3/b14-13+,17-15+,21-18+/t24-,25+,26-,27+,28+,29-,30-,31-,32-,33-,34-,37+,39+,40-,42+,43+,44+,45-/m1/s1. The molecule has 18 atom stereocenters. The Morgan fingerprint density at radius 2 is 1.45 bits per heavy atom. The Bertz CT molecular complexity index is 1510. The van der Waals surface area contributed by atoms with Gasteiger partial charge in [0.2, 0.25) is 0 Å². The van der Waals surface area contributed by atoms with Crippen LogP contribution in [0, 0.1) is 47.3 Å². The van der Waals surface area contributed by atoms with Crippen LogP contribution in [-0.2, 0) is 33.4 Å². The second-order valence-electron chi connectivity index (χ2n) is 18.2. The minimum Gasteiger partial charge on any atom is -0.456 e. The van der Waals surface area contributed by atoms with Gasteiger partial charge in [0.15, 0.2) is 17.2 Å². The number of hydrogen-bond donors (Lipinski definition) is 6. The Hall–Kier alpha value is -2.62. The van der Waals surface area contributed by atoms with Crippen LogP contribution in [0.25, 0.3) is 0 Å². The van der Waals surface area contributed by atoms with Crippen LogP contribution in [0.2, 0.25) is 0 Å². The van der Waals surface area contributed by atoms with E-state index < -0.39 is 119 Å². The van der Waals surface area contributed by atoms with Gasteiger partial charge in [-0.3, -0.25) is 14.4 Å². The van der Waals surface area contributed by atoms with E-state index in [0.717, 1.165) is 12.5 Å². The van der Waals surface area contributed by atoms with Crippen LogP contribution in [0.5, 0.6) is 0 Å². The number of hydrogen-bond acceptors (Lipinski definition) is 13. The van der Waals surface area contributed by atoms with Crippen molar-refractivity contribution in [1.82, 2.24) is 0 Å². The van der Waals surface area contributed by atoms with Crippen LogP contribution in [0.4, 0.5) is 0 Å². The fraction of sp³-hybridized carbons (Fsp3) is 0.778. The lowest BCUT2D eigenvalue weighted by molar-refractivity contribution is -0.388. The molecule has 0 radical (unpaired) electrons. The number of carbonyl (C=O) groups excluding carboxylic acids is 4. The number of carbonyl (C=O) groups is 4. The quantitative estimate of drug-likeness (QED) is 0.221. The number of aliphatic hydroxyl groups excluding tert-OH is 4. The van der Waals surface area contributed by atoms with Crippen molar-refractivity contribution in [2.45, 2.75) is 174 Å². The van der Waals surface area contributed by atoms with E-state index in [1.54, 1.807) is 27.7 Å². The first-order valence-corrected chi connectivity index (χ1v) is 21.2. The summed E-state index contributed by atoms with van der Waals surface area (Å²) in [5, 5.41) is 67.3. The summed E-state index contributed by atoms with van der Waals surface area (Å²) < 4.78 is 19.0. The van der Waals surface area contributed by atoms with E-state index in [1.165, 1.54) is 40.7 Å². The number of allylic oxidation sites excluding steroid dienone is 4. The smallest absolute Gasteiger partial charge is 0.330 e. The lowest BCUT2D eigenvalue weighted by Gasteiger charge is -2.57. The highest BCUT2D eigenvalue weighted by Crippen LogP contribution is 2.49. The Morgan fingerprint density at radius 1 is 0.828 bits per heavy atom. The van der Waals surface area contributed by atoms with Gasteiger partial charge in [-0.25, -0.2) is 4.79 Å². The van der Waals surface area contributed by atoms with E-state index >= 15 is 0 Å². The van der Waals surface area contributed by atoms with Crippen LogP contribution < -0.4 is 0 Å². The molecule has 1 spiro atoms. The molecule has 0 aliphatic carbocycles. The summed E-state index contributed by atoms with van der Waals surface area (Å²) >= 11 is 0. The fourth-order valence-electron chi connectivity index (χ4n) is 8.94. The largest absolute Gasteiger partial charge is 0.456 e. The van der Waals surface area contributed by atoms with Crippen LogP contribution in [-0.4, -0.2) is 114 Å². The van der Waals surface area contributed by atoms with Crippen molar-refractivity contribution in [3.63, 3.8) is 0 Å². The highest BCUT2D eigenvalue weighted by atomic mass is 16.7. The highest BCUT2D eigenvalue weighted by Gasteiger charge is 2.69. The van der Waals surface area contributed by atoms with Crippen LogP contribution in [0.15, 0.2) is 36.5 Å². The van der Waals surface area contributed by atoms with Gasteiger partial charge >= 0.3 is 5.97 Å². The summed E-state index contributed by atoms with van der Waals surface area (Å²) in [5.74, 6) is -10.5. The maximum Gasteiger partial charge on any atom is 0.330 e. The monoisotopic (exact) mass is 820 g/mol. The molecule has 3 rings (SSSR count). The molecular formula is C45H72O13. The molecule has 330 valence electrons. The third kappa shape index (κ3) is 10.8. The van der Waals surface area contributed by atoms with Crippen molar-refractivity contribution in [3.8, 4) is 0 Å². The molecule has 2 saturated heterocycles. The molecule has 0 unspecified atom stereocenters. The normalized spacial score (nSPS) is 46.9. The molecule has 0 aromatic rings. The van der Waals surface area contributed by atoms with Crippen molar-refractivity contribution in [1.29, 1.82) is 0 Å². The molecule has 6 N–H and O–H groups in total. The third-order valence-electron chi connectivity index (χ3n) is 13.3. The van der Waals surface area contributed by atoms with E-state index in [0.29, 0.717) is 19.3 Å². The van der Waals surface area contributed by atoms with Crippen molar-refractivity contribution < 1.29 is 64.0 Å². The second kappa shape index (κ2) is 20.3. The minimum atomic E-state index is -2.23. The van der Waals surface area contributed by atoms with Crippen molar-refractivity contribution >= 4 is 23.3 Å². The third-order valence-corrected chi connectivity index (χ3v) is 13.3. The average molecular weight is 821 g/mol. The highest BCUT2D eigenvalue weighted by molar-refractivity contribution is 5.91. The number of rotatable bonds is 3. The van der Waals surface area contributed by atoms with E-state index in [9.17, 15) is 49.8 Å². The van der Waals surface area contributed by atoms with Crippen LogP contribution in [0.1, 0.15) is 115 Å². The SMILES string of the molecule is CC[C@@H]1/C=C/C=C/C[C@H](C)[C@@H](O)[C@](C)(O)C(=O)[C@H](C)[C@@H](O)[C@H](C)C(=O)[C@H](C)[C@@H](O)[C@H](C)/C=C/C(=O)O[C@H]2[C@@H](C)[C@@H](CC1)O[C@]1(O[C@H](C[C@H](C)O)[C@H](C)CC1=O)[C@@]2(C)O. The summed E-state index contributed by atoms with van der Waals surface area (Å²) in [6.45, 7) is 17.4. The van der Waals surface area contributed by atoms with Gasteiger partial charge in [0.1, 0.15) is 17.5 Å². The van der Waals surface area contributed by atoms with Gasteiger partial charge in [-0.2, -0.15) is 0 Å². The van der Waals surface area contributed by atoms with Gasteiger partial charge in [0.25, 0.3) is 5.79 Å². The van der Waals surface area contributed by atoms with Gasteiger partial charge in [-0.15, -0.1) is 0 Å². The van der Waals surface area contributed by atoms with E-state index in [1.807, 2.05) is 38.2 Å². The summed E-state index contributed by atoms with van der Waals surface area (Å²) in [5.41, 5.74) is -4.38. The van der Waals surface area contributed by atoms with E-state index in [2.05, 4.69) is 0 Å². The summed E-state index contributed by atoms with van der Waals surface area (Å²) in [6.07, 6.45) is 4.55. The predicted molar refractivity (Wildman–Crippen MR) is 217 cm³/mol. The Balaban J connectivity index is 2.06. The van der Waals surface area contributed by atoms with Gasteiger partial charge in [0.05, 0.1) is 36.6 Å². The number of esters is 1. The summed E-state index contributed by atoms with van der Waals surface area (Å²) in [7, 11) is 0. The Labute approximate surface area is 344 Å². The molecule has 2 bridgehead atoms. The lowest BCUT2D eigenvalue weighted by Crippen LogP contribution is -2.75. The molecule has 3 aliphatic heterocycles. The molecular weight excluding hydrogens is 748 g/mol. The topological polar surface area (TPSA) is 217 Å². The zero-order chi connectivity index (χ0) is 44.1. The molecule has 0 aromatic carbocycles. The van der Waals surface area contributed by atoms with Crippen molar-refractivity contribution in [2.75, 3.05) is 0 Å². The number of ether oxygens (including phenoxy) is 3. The molecule has 3 aliphatic rings. The van der Waals surface area contributed by atoms with Crippen molar-refractivity contribution in [3.05, 3.63) is 36.5 Å². The van der Waals surface area contributed by atoms with Gasteiger partial charge in [0, 0.05) is 42.1 Å². The summed E-state index contributed by atoms with van der Waals surface area (Å²) in [6, 6.07) is 0. The first kappa shape index (κ1) is 49.7. The zero-order valence-corrected chi connectivity index (χ0v) is 36.4. The first-order chi connectivity index (χ1) is 26.8. The van der Waals surface area contributed by atoms with Crippen LogP contribution in [0.3, 0.4) is 0 Å².